The number of aromatic nitrogens is 1. The molecule has 0 aliphatic heterocycles. The molecule has 3 nitrogen and oxygen atoms in total. The Hall–Kier alpha value is -1.77. The Morgan fingerprint density at radius 2 is 1.93 bits per heavy atom. The van der Waals surface area contributed by atoms with Gasteiger partial charge in [-0.1, -0.05) is 37.3 Å². The summed E-state index contributed by atoms with van der Waals surface area (Å²) in [5.74, 6) is 0.385. The summed E-state index contributed by atoms with van der Waals surface area (Å²) < 4.78 is 6.79. The number of benzene rings is 1. The highest BCUT2D eigenvalue weighted by atomic mass is 16.4. The summed E-state index contributed by atoms with van der Waals surface area (Å²) in [6.45, 7) is 2.01. The lowest BCUT2D eigenvalue weighted by Crippen LogP contribution is -2.11. The first-order valence-electron chi connectivity index (χ1n) is 4.98. The molecule has 78 valence electrons. The van der Waals surface area contributed by atoms with Gasteiger partial charge in [0.2, 0.25) is 0 Å². The minimum Gasteiger partial charge on any atom is -0.407 e. The normalized spacial score (nSPS) is 10.5. The van der Waals surface area contributed by atoms with Crippen molar-refractivity contribution >= 4 is 0 Å². The third-order valence-electron chi connectivity index (χ3n) is 2.50. The van der Waals surface area contributed by atoms with Crippen LogP contribution in [0.2, 0.25) is 0 Å². The van der Waals surface area contributed by atoms with E-state index in [-0.39, 0.29) is 5.76 Å². The van der Waals surface area contributed by atoms with Crippen molar-refractivity contribution < 1.29 is 4.42 Å². The molecule has 15 heavy (non-hydrogen) atoms. The summed E-state index contributed by atoms with van der Waals surface area (Å²) in [5.41, 5.74) is 1.89. The van der Waals surface area contributed by atoms with Gasteiger partial charge < -0.3 is 4.42 Å². The van der Waals surface area contributed by atoms with Gasteiger partial charge in [0.05, 0.1) is 5.69 Å². The fourth-order valence-electron chi connectivity index (χ4n) is 1.69. The van der Waals surface area contributed by atoms with Gasteiger partial charge in [-0.3, -0.25) is 4.57 Å². The largest absolute Gasteiger partial charge is 0.419 e. The molecule has 0 spiro atoms. The van der Waals surface area contributed by atoms with Gasteiger partial charge in [-0.25, -0.2) is 4.79 Å². The molecule has 0 radical (unpaired) electrons. The quantitative estimate of drug-likeness (QED) is 0.750. The molecule has 0 aliphatic carbocycles. The van der Waals surface area contributed by atoms with Crippen LogP contribution in [0, 0.1) is 0 Å². The highest BCUT2D eigenvalue weighted by Crippen LogP contribution is 2.22. The number of nitrogens with zero attached hydrogens (tertiary/aromatic N) is 1. The molecule has 1 heterocycles. The van der Waals surface area contributed by atoms with Crippen molar-refractivity contribution in [1.82, 2.24) is 4.57 Å². The lowest BCUT2D eigenvalue weighted by Gasteiger charge is -2.00. The van der Waals surface area contributed by atoms with E-state index >= 15 is 0 Å². The maximum Gasteiger partial charge on any atom is 0.419 e. The van der Waals surface area contributed by atoms with Crippen LogP contribution in [0.5, 0.6) is 0 Å². The molecule has 3 heteroatoms. The second-order valence-electron chi connectivity index (χ2n) is 3.42. The zero-order valence-corrected chi connectivity index (χ0v) is 8.86. The summed E-state index contributed by atoms with van der Waals surface area (Å²) in [7, 11) is 1.73. The fraction of sp³-hybridized carbons (Fsp3) is 0.250. The first kappa shape index (κ1) is 9.77. The van der Waals surface area contributed by atoms with Gasteiger partial charge in [-0.2, -0.15) is 0 Å². The van der Waals surface area contributed by atoms with Gasteiger partial charge in [0, 0.05) is 12.6 Å². The molecule has 0 N–H and O–H groups in total. The van der Waals surface area contributed by atoms with Crippen molar-refractivity contribution in [3.05, 3.63) is 46.6 Å². The predicted molar refractivity (Wildman–Crippen MR) is 58.8 cm³/mol. The molecule has 1 aromatic carbocycles. The van der Waals surface area contributed by atoms with Crippen molar-refractivity contribution in [3.63, 3.8) is 0 Å². The van der Waals surface area contributed by atoms with Crippen LogP contribution in [0.25, 0.3) is 11.3 Å². The van der Waals surface area contributed by atoms with E-state index in [0.717, 1.165) is 17.7 Å². The molecule has 2 rings (SSSR count). The van der Waals surface area contributed by atoms with Gasteiger partial charge in [-0.05, 0) is 6.42 Å². The number of hydrogen-bond acceptors (Lipinski definition) is 2. The monoisotopic (exact) mass is 203 g/mol. The molecule has 0 unspecified atom stereocenters. The topological polar surface area (TPSA) is 35.1 Å². The highest BCUT2D eigenvalue weighted by Gasteiger charge is 2.13. The van der Waals surface area contributed by atoms with Crippen LogP contribution in [0.1, 0.15) is 12.6 Å². The minimum absolute atomic E-state index is 0.300. The number of hydrogen-bond donors (Lipinski definition) is 0. The molecule has 0 amide bonds. The maximum absolute atomic E-state index is 11.4. The molecule has 1 aromatic heterocycles. The number of oxazole rings is 1. The van der Waals surface area contributed by atoms with E-state index in [1.165, 1.54) is 0 Å². The fourth-order valence-corrected chi connectivity index (χ4v) is 1.69. The van der Waals surface area contributed by atoms with E-state index in [4.69, 9.17) is 4.42 Å². The van der Waals surface area contributed by atoms with Crippen molar-refractivity contribution in [3.8, 4) is 11.3 Å². The molecule has 0 atom stereocenters. The third-order valence-corrected chi connectivity index (χ3v) is 2.50. The van der Waals surface area contributed by atoms with Crippen LogP contribution in [0.4, 0.5) is 0 Å². The molecule has 0 bridgehead atoms. The lowest BCUT2D eigenvalue weighted by molar-refractivity contribution is 0.505. The average Bonchev–Trinajstić information content (AvgIpc) is 2.56. The van der Waals surface area contributed by atoms with Gasteiger partial charge in [-0.15, -0.1) is 0 Å². The Balaban J connectivity index is 2.64. The predicted octanol–water partition coefficient (Wildman–Crippen LogP) is 2.21. The zero-order valence-electron chi connectivity index (χ0n) is 8.86. The molecule has 0 fully saturated rings. The van der Waals surface area contributed by atoms with Crippen LogP contribution in [0.15, 0.2) is 39.5 Å². The molecule has 0 saturated carbocycles. The van der Waals surface area contributed by atoms with Gasteiger partial charge >= 0.3 is 5.76 Å². The van der Waals surface area contributed by atoms with Gasteiger partial charge in [0.1, 0.15) is 0 Å². The Morgan fingerprint density at radius 3 is 2.53 bits per heavy atom. The van der Waals surface area contributed by atoms with Crippen molar-refractivity contribution in [2.24, 2.45) is 7.05 Å². The third kappa shape index (κ3) is 1.61. The van der Waals surface area contributed by atoms with E-state index in [0.29, 0.717) is 5.76 Å². The van der Waals surface area contributed by atoms with Crippen LogP contribution >= 0.6 is 0 Å². The minimum atomic E-state index is -0.300. The van der Waals surface area contributed by atoms with Crippen LogP contribution in [-0.2, 0) is 13.5 Å². The Morgan fingerprint density at radius 1 is 1.27 bits per heavy atom. The van der Waals surface area contributed by atoms with Crippen molar-refractivity contribution in [2.75, 3.05) is 0 Å². The van der Waals surface area contributed by atoms with E-state index in [1.807, 2.05) is 37.3 Å². The second kappa shape index (κ2) is 3.77. The first-order chi connectivity index (χ1) is 7.24. The molecule has 2 aromatic rings. The van der Waals surface area contributed by atoms with Crippen LogP contribution in [-0.4, -0.2) is 4.57 Å². The van der Waals surface area contributed by atoms with E-state index < -0.39 is 0 Å². The lowest BCUT2D eigenvalue weighted by atomic mass is 10.1. The summed E-state index contributed by atoms with van der Waals surface area (Å²) in [6.07, 6.45) is 0.784. The highest BCUT2D eigenvalue weighted by molar-refractivity contribution is 5.59. The van der Waals surface area contributed by atoms with Crippen molar-refractivity contribution in [2.45, 2.75) is 13.3 Å². The zero-order chi connectivity index (χ0) is 10.8. The Labute approximate surface area is 88.0 Å². The van der Waals surface area contributed by atoms with E-state index in [2.05, 4.69) is 0 Å². The van der Waals surface area contributed by atoms with E-state index in [9.17, 15) is 4.79 Å². The van der Waals surface area contributed by atoms with Gasteiger partial charge in [0.25, 0.3) is 0 Å². The number of rotatable bonds is 2. The summed E-state index contributed by atoms with van der Waals surface area (Å²) in [4.78, 5) is 11.4. The maximum atomic E-state index is 11.4. The standard InChI is InChI=1S/C12H13NO2/c1-3-10-11(15-12(14)13(10)2)9-7-5-4-6-8-9/h4-8H,3H2,1-2H3. The van der Waals surface area contributed by atoms with Gasteiger partial charge in [0.15, 0.2) is 5.76 Å². The summed E-state index contributed by atoms with van der Waals surface area (Å²) in [6, 6.07) is 9.69. The smallest absolute Gasteiger partial charge is 0.407 e. The van der Waals surface area contributed by atoms with Crippen molar-refractivity contribution in [1.29, 1.82) is 0 Å². The second-order valence-corrected chi connectivity index (χ2v) is 3.42. The molecular formula is C12H13NO2. The summed E-state index contributed by atoms with van der Waals surface area (Å²) in [5, 5.41) is 0. The SMILES string of the molecule is CCc1c(-c2ccccc2)oc(=O)n1C. The van der Waals surface area contributed by atoms with E-state index in [1.54, 1.807) is 11.6 Å². The average molecular weight is 203 g/mol. The molecular weight excluding hydrogens is 190 g/mol. The summed E-state index contributed by atoms with van der Waals surface area (Å²) >= 11 is 0. The molecule has 0 saturated heterocycles. The van der Waals surface area contributed by atoms with Crippen LogP contribution < -0.4 is 5.76 Å². The Kier molecular flexibility index (Phi) is 2.46. The molecule has 0 aliphatic rings. The van der Waals surface area contributed by atoms with Crippen LogP contribution in [0.3, 0.4) is 0 Å². The Bertz CT molecular complexity index is 508. The first-order valence-corrected chi connectivity index (χ1v) is 4.98.